The van der Waals surface area contributed by atoms with Crippen molar-refractivity contribution in [3.8, 4) is 5.75 Å². The standard InChI is InChI=1S/C16H24ClNO2/c1-15(2)10-14(16(3,4)20-15)19-13-6-5-11(7-8-18)9-12(13)17/h5-6,9,14H,7-8,10,18H2,1-4H3. The van der Waals surface area contributed by atoms with E-state index >= 15 is 0 Å². The molecule has 1 aliphatic rings. The summed E-state index contributed by atoms with van der Waals surface area (Å²) in [5.41, 5.74) is 6.20. The van der Waals surface area contributed by atoms with Gasteiger partial charge in [0.25, 0.3) is 0 Å². The average molecular weight is 298 g/mol. The Kier molecular flexibility index (Phi) is 4.33. The summed E-state index contributed by atoms with van der Waals surface area (Å²) in [5, 5.41) is 0.636. The zero-order valence-electron chi connectivity index (χ0n) is 12.7. The van der Waals surface area contributed by atoms with Crippen molar-refractivity contribution in [3.05, 3.63) is 28.8 Å². The maximum atomic E-state index is 6.30. The highest BCUT2D eigenvalue weighted by atomic mass is 35.5. The first-order valence-corrected chi connectivity index (χ1v) is 7.47. The second kappa shape index (κ2) is 5.55. The molecule has 0 amide bonds. The third-order valence-electron chi connectivity index (χ3n) is 3.69. The van der Waals surface area contributed by atoms with Crippen LogP contribution < -0.4 is 10.5 Å². The zero-order valence-corrected chi connectivity index (χ0v) is 13.5. The second-order valence-corrected chi connectivity index (χ2v) is 6.99. The monoisotopic (exact) mass is 297 g/mol. The molecule has 1 aliphatic heterocycles. The summed E-state index contributed by atoms with van der Waals surface area (Å²) < 4.78 is 12.1. The highest BCUT2D eigenvalue weighted by Gasteiger charge is 2.47. The fraction of sp³-hybridized carbons (Fsp3) is 0.625. The predicted molar refractivity (Wildman–Crippen MR) is 82.5 cm³/mol. The maximum absolute atomic E-state index is 6.30. The lowest BCUT2D eigenvalue weighted by Crippen LogP contribution is -2.36. The van der Waals surface area contributed by atoms with Crippen LogP contribution in [0.3, 0.4) is 0 Å². The van der Waals surface area contributed by atoms with Gasteiger partial charge < -0.3 is 15.2 Å². The van der Waals surface area contributed by atoms with Gasteiger partial charge in [0.05, 0.1) is 10.6 Å². The molecule has 1 atom stereocenters. The summed E-state index contributed by atoms with van der Waals surface area (Å²) in [6, 6.07) is 5.87. The molecule has 0 bridgehead atoms. The Morgan fingerprint density at radius 1 is 1.35 bits per heavy atom. The van der Waals surface area contributed by atoms with Crippen LogP contribution in [0.2, 0.25) is 5.02 Å². The van der Waals surface area contributed by atoms with Crippen LogP contribution in [-0.4, -0.2) is 23.9 Å². The summed E-state index contributed by atoms with van der Waals surface area (Å²) in [4.78, 5) is 0. The van der Waals surface area contributed by atoms with E-state index in [1.165, 1.54) is 0 Å². The van der Waals surface area contributed by atoms with Gasteiger partial charge in [-0.1, -0.05) is 17.7 Å². The summed E-state index contributed by atoms with van der Waals surface area (Å²) in [6.07, 6.45) is 1.67. The minimum atomic E-state index is -0.317. The first-order valence-electron chi connectivity index (χ1n) is 7.09. The van der Waals surface area contributed by atoms with Crippen LogP contribution >= 0.6 is 11.6 Å². The number of nitrogens with two attached hydrogens (primary N) is 1. The lowest BCUT2D eigenvalue weighted by molar-refractivity contribution is -0.0845. The zero-order chi connectivity index (χ0) is 15.0. The lowest BCUT2D eigenvalue weighted by atomic mass is 9.97. The molecule has 4 heteroatoms. The van der Waals surface area contributed by atoms with E-state index in [0.717, 1.165) is 18.4 Å². The van der Waals surface area contributed by atoms with Gasteiger partial charge in [0.2, 0.25) is 0 Å². The van der Waals surface area contributed by atoms with Gasteiger partial charge in [0, 0.05) is 6.42 Å². The third-order valence-corrected chi connectivity index (χ3v) is 3.99. The number of hydrogen-bond donors (Lipinski definition) is 1. The molecule has 20 heavy (non-hydrogen) atoms. The van der Waals surface area contributed by atoms with Crippen molar-refractivity contribution in [1.82, 2.24) is 0 Å². The van der Waals surface area contributed by atoms with Crippen LogP contribution in [0.4, 0.5) is 0 Å². The van der Waals surface area contributed by atoms with Gasteiger partial charge >= 0.3 is 0 Å². The van der Waals surface area contributed by atoms with Crippen LogP contribution in [0, 0.1) is 0 Å². The lowest BCUT2D eigenvalue weighted by Gasteiger charge is -2.27. The van der Waals surface area contributed by atoms with E-state index in [1.54, 1.807) is 0 Å². The minimum absolute atomic E-state index is 0.00430. The van der Waals surface area contributed by atoms with Gasteiger partial charge in [-0.3, -0.25) is 0 Å². The topological polar surface area (TPSA) is 44.5 Å². The molecule has 3 nitrogen and oxygen atoms in total. The number of hydrogen-bond acceptors (Lipinski definition) is 3. The summed E-state index contributed by atoms with van der Waals surface area (Å²) in [7, 11) is 0. The van der Waals surface area contributed by atoms with Gasteiger partial charge in [0.15, 0.2) is 0 Å². The first-order chi connectivity index (χ1) is 9.23. The van der Waals surface area contributed by atoms with Crippen LogP contribution in [0.25, 0.3) is 0 Å². The normalized spacial score (nSPS) is 23.8. The SMILES string of the molecule is CC1(C)CC(Oc2ccc(CCN)cc2Cl)C(C)(C)O1. The molecule has 1 unspecified atom stereocenters. The molecule has 1 fully saturated rings. The Hall–Kier alpha value is -0.770. The molecule has 112 valence electrons. The van der Waals surface area contributed by atoms with Crippen LogP contribution in [0.1, 0.15) is 39.7 Å². The smallest absolute Gasteiger partial charge is 0.138 e. The average Bonchev–Trinajstić information content (AvgIpc) is 2.51. The van der Waals surface area contributed by atoms with Gasteiger partial charge in [-0.15, -0.1) is 0 Å². The van der Waals surface area contributed by atoms with Crippen molar-refractivity contribution in [3.63, 3.8) is 0 Å². The summed E-state index contributed by atoms with van der Waals surface area (Å²) in [5.74, 6) is 0.715. The Balaban J connectivity index is 2.14. The highest BCUT2D eigenvalue weighted by molar-refractivity contribution is 6.32. The number of rotatable bonds is 4. The van der Waals surface area contributed by atoms with Crippen molar-refractivity contribution in [2.24, 2.45) is 5.73 Å². The van der Waals surface area contributed by atoms with E-state index < -0.39 is 0 Å². The quantitative estimate of drug-likeness (QED) is 0.924. The molecule has 1 saturated heterocycles. The number of ether oxygens (including phenoxy) is 2. The molecule has 1 aromatic rings. The Labute approximate surface area is 126 Å². The van der Waals surface area contributed by atoms with Crippen molar-refractivity contribution in [2.45, 2.75) is 57.8 Å². The van der Waals surface area contributed by atoms with Crippen LogP contribution in [0.15, 0.2) is 18.2 Å². The number of benzene rings is 1. The number of halogens is 1. The second-order valence-electron chi connectivity index (χ2n) is 6.58. The largest absolute Gasteiger partial charge is 0.486 e. The highest BCUT2D eigenvalue weighted by Crippen LogP contribution is 2.40. The van der Waals surface area contributed by atoms with Gasteiger partial charge in [-0.05, 0) is 58.4 Å². The maximum Gasteiger partial charge on any atom is 0.138 e. The van der Waals surface area contributed by atoms with E-state index in [-0.39, 0.29) is 17.3 Å². The van der Waals surface area contributed by atoms with E-state index in [1.807, 2.05) is 18.2 Å². The van der Waals surface area contributed by atoms with Crippen LogP contribution in [-0.2, 0) is 11.2 Å². The van der Waals surface area contributed by atoms with E-state index in [0.29, 0.717) is 17.3 Å². The molecular weight excluding hydrogens is 274 g/mol. The molecule has 0 radical (unpaired) electrons. The van der Waals surface area contributed by atoms with E-state index in [9.17, 15) is 0 Å². The fourth-order valence-corrected chi connectivity index (χ4v) is 3.06. The Bertz CT molecular complexity index is 485. The molecule has 1 heterocycles. The third kappa shape index (κ3) is 3.46. The molecule has 0 saturated carbocycles. The Morgan fingerprint density at radius 3 is 2.55 bits per heavy atom. The first kappa shape index (κ1) is 15.6. The molecule has 0 aliphatic carbocycles. The summed E-state index contributed by atoms with van der Waals surface area (Å²) in [6.45, 7) is 8.91. The van der Waals surface area contributed by atoms with Gasteiger partial charge in [-0.25, -0.2) is 0 Å². The van der Waals surface area contributed by atoms with Gasteiger partial charge in [-0.2, -0.15) is 0 Å². The molecule has 2 N–H and O–H groups in total. The van der Waals surface area contributed by atoms with Gasteiger partial charge in [0.1, 0.15) is 17.5 Å². The van der Waals surface area contributed by atoms with E-state index in [2.05, 4.69) is 27.7 Å². The Morgan fingerprint density at radius 2 is 2.05 bits per heavy atom. The van der Waals surface area contributed by atoms with Crippen LogP contribution in [0.5, 0.6) is 5.75 Å². The van der Waals surface area contributed by atoms with Crippen molar-refractivity contribution in [2.75, 3.05) is 6.54 Å². The molecule has 2 rings (SSSR count). The predicted octanol–water partition coefficient (Wildman–Crippen LogP) is 3.57. The summed E-state index contributed by atoms with van der Waals surface area (Å²) >= 11 is 6.30. The molecule has 0 spiro atoms. The van der Waals surface area contributed by atoms with Crippen molar-refractivity contribution in [1.29, 1.82) is 0 Å². The molecule has 0 aromatic heterocycles. The minimum Gasteiger partial charge on any atom is -0.486 e. The van der Waals surface area contributed by atoms with E-state index in [4.69, 9.17) is 26.8 Å². The fourth-order valence-electron chi connectivity index (χ4n) is 2.81. The molecule has 1 aromatic carbocycles. The van der Waals surface area contributed by atoms with Crippen molar-refractivity contribution < 1.29 is 9.47 Å². The van der Waals surface area contributed by atoms with Crippen molar-refractivity contribution >= 4 is 11.6 Å². The molecular formula is C16H24ClNO2.